The van der Waals surface area contributed by atoms with Crippen molar-refractivity contribution in [3.05, 3.63) is 62.8 Å². The molecular weight excluding hydrogens is 486 g/mol. The maximum atomic E-state index is 12.9. The number of nitrogens with zero attached hydrogens (tertiary/aromatic N) is 7. The largest absolute Gasteiger partial charge is 0.454 e. The van der Waals surface area contributed by atoms with Crippen LogP contribution < -0.4 is 20.6 Å². The third-order valence-electron chi connectivity index (χ3n) is 4.77. The number of hydrogen-bond donors (Lipinski definition) is 2. The molecule has 5 rings (SSSR count). The van der Waals surface area contributed by atoms with Crippen LogP contribution in [0.15, 0.2) is 46.1 Å². The summed E-state index contributed by atoms with van der Waals surface area (Å²) in [7, 11) is 0. The Morgan fingerprint density at radius 1 is 1.23 bits per heavy atom. The van der Waals surface area contributed by atoms with E-state index in [1.54, 1.807) is 18.2 Å². The van der Waals surface area contributed by atoms with E-state index in [-0.39, 0.29) is 40.5 Å². The average molecular weight is 498 g/mol. The number of ether oxygens (including phenoxy) is 2. The molecule has 0 fully saturated rings. The Labute approximate surface area is 199 Å². The number of rotatable bonds is 6. The quantitative estimate of drug-likeness (QED) is 0.224. The zero-order chi connectivity index (χ0) is 24.5. The number of anilines is 1. The lowest BCUT2D eigenvalue weighted by Crippen LogP contribution is -2.19. The van der Waals surface area contributed by atoms with Gasteiger partial charge in [-0.1, -0.05) is 22.9 Å². The molecule has 0 aliphatic carbocycles. The summed E-state index contributed by atoms with van der Waals surface area (Å²) in [6, 6.07) is 9.02. The van der Waals surface area contributed by atoms with Crippen LogP contribution in [0.2, 0.25) is 5.02 Å². The first-order valence-corrected chi connectivity index (χ1v) is 10.0. The number of carbonyl (C=O) groups is 1. The lowest BCUT2D eigenvalue weighted by molar-refractivity contribution is -0.384. The van der Waals surface area contributed by atoms with Crippen LogP contribution in [0.1, 0.15) is 16.1 Å². The summed E-state index contributed by atoms with van der Waals surface area (Å²) in [6.45, 7) is 0.0569. The SMILES string of the molecule is Nc1nonc1-n1nnc(C(=O)N/N=C\c2ccc(Cl)c([N+](=O)[O-])c2)c1-c1ccc2c(c1)OCO2. The molecule has 1 aliphatic rings. The molecule has 16 heteroatoms. The van der Waals surface area contributed by atoms with E-state index >= 15 is 0 Å². The molecular formula is C19H12ClN9O6. The zero-order valence-corrected chi connectivity index (χ0v) is 18.0. The van der Waals surface area contributed by atoms with E-state index in [2.05, 4.69) is 35.8 Å². The summed E-state index contributed by atoms with van der Waals surface area (Å²) in [4.78, 5) is 23.4. The Morgan fingerprint density at radius 3 is 2.83 bits per heavy atom. The van der Waals surface area contributed by atoms with E-state index in [9.17, 15) is 14.9 Å². The predicted molar refractivity (Wildman–Crippen MR) is 118 cm³/mol. The Kier molecular flexibility index (Phi) is 5.42. The molecule has 2 aromatic heterocycles. The Hall–Kier alpha value is -5.05. The lowest BCUT2D eigenvalue weighted by Gasteiger charge is -2.07. The first-order chi connectivity index (χ1) is 16.9. The molecule has 0 spiro atoms. The number of amides is 1. The number of nitrogens with two attached hydrogens (primary N) is 1. The summed E-state index contributed by atoms with van der Waals surface area (Å²) < 4.78 is 16.6. The molecule has 35 heavy (non-hydrogen) atoms. The van der Waals surface area contributed by atoms with Crippen LogP contribution in [0.5, 0.6) is 11.5 Å². The van der Waals surface area contributed by atoms with Gasteiger partial charge in [-0.25, -0.2) is 10.1 Å². The molecule has 0 bridgehead atoms. The fourth-order valence-electron chi connectivity index (χ4n) is 3.19. The van der Waals surface area contributed by atoms with Crippen molar-refractivity contribution < 1.29 is 23.8 Å². The van der Waals surface area contributed by atoms with E-state index in [1.165, 1.54) is 29.1 Å². The molecule has 0 atom stereocenters. The molecule has 15 nitrogen and oxygen atoms in total. The van der Waals surface area contributed by atoms with Gasteiger partial charge in [0.2, 0.25) is 18.4 Å². The Bertz CT molecular complexity index is 1500. The van der Waals surface area contributed by atoms with Gasteiger partial charge in [-0.15, -0.1) is 5.10 Å². The minimum Gasteiger partial charge on any atom is -0.454 e. The molecule has 3 N–H and O–H groups in total. The van der Waals surface area contributed by atoms with Gasteiger partial charge in [-0.3, -0.25) is 14.9 Å². The molecule has 1 aliphatic heterocycles. The number of nitro benzene ring substituents is 1. The number of nitrogen functional groups attached to an aromatic ring is 1. The molecule has 1 amide bonds. The van der Waals surface area contributed by atoms with Gasteiger partial charge in [0.05, 0.1) is 11.1 Å². The highest BCUT2D eigenvalue weighted by Gasteiger charge is 2.26. The van der Waals surface area contributed by atoms with Crippen molar-refractivity contribution in [1.29, 1.82) is 0 Å². The van der Waals surface area contributed by atoms with Crippen molar-refractivity contribution in [3.8, 4) is 28.6 Å². The monoisotopic (exact) mass is 497 g/mol. The molecule has 2 aromatic carbocycles. The number of nitrogens with one attached hydrogen (secondary N) is 1. The van der Waals surface area contributed by atoms with Gasteiger partial charge < -0.3 is 15.2 Å². The van der Waals surface area contributed by atoms with Crippen LogP contribution >= 0.6 is 11.6 Å². The second kappa shape index (κ2) is 8.71. The van der Waals surface area contributed by atoms with Gasteiger partial charge in [0.1, 0.15) is 10.7 Å². The second-order valence-electron chi connectivity index (χ2n) is 6.91. The fourth-order valence-corrected chi connectivity index (χ4v) is 3.38. The number of aromatic nitrogens is 5. The van der Waals surface area contributed by atoms with Crippen molar-refractivity contribution >= 4 is 35.2 Å². The van der Waals surface area contributed by atoms with Crippen molar-refractivity contribution in [2.45, 2.75) is 0 Å². The summed E-state index contributed by atoms with van der Waals surface area (Å²) in [5, 5.41) is 30.0. The molecule has 0 unspecified atom stereocenters. The first-order valence-electron chi connectivity index (χ1n) is 9.64. The first kappa shape index (κ1) is 21.8. The maximum absolute atomic E-state index is 12.9. The topological polar surface area (TPSA) is 199 Å². The van der Waals surface area contributed by atoms with Crippen molar-refractivity contribution in [2.24, 2.45) is 5.10 Å². The van der Waals surface area contributed by atoms with Crippen molar-refractivity contribution in [2.75, 3.05) is 12.5 Å². The van der Waals surface area contributed by atoms with E-state index in [4.69, 9.17) is 26.8 Å². The number of hydrazone groups is 1. The van der Waals surface area contributed by atoms with Crippen molar-refractivity contribution in [3.63, 3.8) is 0 Å². The van der Waals surface area contributed by atoms with Crippen LogP contribution in [-0.4, -0.2) is 49.1 Å². The number of hydrogen-bond acceptors (Lipinski definition) is 12. The third kappa shape index (κ3) is 4.06. The molecule has 0 saturated carbocycles. The van der Waals surface area contributed by atoms with Gasteiger partial charge in [0, 0.05) is 17.2 Å². The number of fused-ring (bicyclic) bond motifs is 1. The van der Waals surface area contributed by atoms with Gasteiger partial charge >= 0.3 is 0 Å². The van der Waals surface area contributed by atoms with Gasteiger partial charge in [0.25, 0.3) is 11.6 Å². The number of nitro groups is 1. The Balaban J connectivity index is 1.48. The minimum absolute atomic E-state index is 0.0150. The fraction of sp³-hybridized carbons (Fsp3) is 0.0526. The highest BCUT2D eigenvalue weighted by Crippen LogP contribution is 2.37. The lowest BCUT2D eigenvalue weighted by atomic mass is 10.1. The van der Waals surface area contributed by atoms with Crippen LogP contribution in [0.3, 0.4) is 0 Å². The summed E-state index contributed by atoms with van der Waals surface area (Å²) >= 11 is 5.81. The second-order valence-corrected chi connectivity index (χ2v) is 7.31. The van der Waals surface area contributed by atoms with E-state index in [1.807, 2.05) is 0 Å². The molecule has 3 heterocycles. The summed E-state index contributed by atoms with van der Waals surface area (Å²) in [5.41, 5.74) is 8.69. The third-order valence-corrected chi connectivity index (χ3v) is 5.09. The number of halogens is 1. The summed E-state index contributed by atoms with van der Waals surface area (Å²) in [6.07, 6.45) is 1.21. The van der Waals surface area contributed by atoms with Crippen LogP contribution in [0.4, 0.5) is 11.5 Å². The zero-order valence-electron chi connectivity index (χ0n) is 17.3. The molecule has 4 aromatic rings. The van der Waals surface area contributed by atoms with Crippen LogP contribution in [-0.2, 0) is 0 Å². The highest BCUT2D eigenvalue weighted by atomic mass is 35.5. The maximum Gasteiger partial charge on any atom is 0.294 e. The standard InChI is InChI=1S/C19H12ClN9O6/c20-11-3-1-9(5-12(11)29(31)32)7-22-24-19(30)15-16(10-2-4-13-14(6-10)34-8-33-13)28(27-23-15)18-17(21)25-35-26-18/h1-7H,8H2,(H2,21,25)(H,24,30)/b22-7-. The van der Waals surface area contributed by atoms with E-state index in [0.29, 0.717) is 22.6 Å². The van der Waals surface area contributed by atoms with Gasteiger partial charge in [-0.2, -0.15) is 9.78 Å². The number of carbonyl (C=O) groups excluding carboxylic acids is 1. The number of benzene rings is 2. The molecule has 0 radical (unpaired) electrons. The predicted octanol–water partition coefficient (Wildman–Crippen LogP) is 1.95. The van der Waals surface area contributed by atoms with E-state index < -0.39 is 10.8 Å². The molecule has 0 saturated heterocycles. The highest BCUT2D eigenvalue weighted by molar-refractivity contribution is 6.32. The summed E-state index contributed by atoms with van der Waals surface area (Å²) in [5.74, 6) is 0.185. The van der Waals surface area contributed by atoms with Gasteiger partial charge in [-0.05, 0) is 34.6 Å². The van der Waals surface area contributed by atoms with Crippen LogP contribution in [0, 0.1) is 10.1 Å². The van der Waals surface area contributed by atoms with Crippen molar-refractivity contribution in [1.82, 2.24) is 30.7 Å². The normalized spacial score (nSPS) is 12.3. The Morgan fingerprint density at radius 2 is 2.06 bits per heavy atom. The molecule has 176 valence electrons. The van der Waals surface area contributed by atoms with E-state index in [0.717, 1.165) is 0 Å². The minimum atomic E-state index is -0.737. The van der Waals surface area contributed by atoms with Gasteiger partial charge in [0.15, 0.2) is 17.2 Å². The smallest absolute Gasteiger partial charge is 0.294 e. The average Bonchev–Trinajstić information content (AvgIpc) is 3.58. The van der Waals surface area contributed by atoms with Crippen LogP contribution in [0.25, 0.3) is 17.1 Å².